The van der Waals surface area contributed by atoms with Crippen LogP contribution in [0, 0.1) is 0 Å². The van der Waals surface area contributed by atoms with E-state index >= 15 is 0 Å². The van der Waals surface area contributed by atoms with E-state index in [9.17, 15) is 8.42 Å². The molecular weight excluding hydrogens is 328 g/mol. The number of nitrogens with one attached hydrogen (secondary N) is 1. The van der Waals surface area contributed by atoms with Gasteiger partial charge in [-0.2, -0.15) is 0 Å². The van der Waals surface area contributed by atoms with Crippen LogP contribution < -0.4 is 4.72 Å². The van der Waals surface area contributed by atoms with Crippen LogP contribution in [0.15, 0.2) is 46.7 Å². The predicted molar refractivity (Wildman–Crippen MR) is 87.4 cm³/mol. The number of sulfonamides is 1. The molecule has 0 amide bonds. The number of benzene rings is 1. The Labute approximate surface area is 134 Å². The van der Waals surface area contributed by atoms with Gasteiger partial charge in [-0.05, 0) is 49.8 Å². The summed E-state index contributed by atoms with van der Waals surface area (Å²) in [7, 11) is 0.336. The zero-order valence-electron chi connectivity index (χ0n) is 11.8. The highest BCUT2D eigenvalue weighted by Gasteiger charge is 2.20. The monoisotopic (exact) mass is 344 g/mol. The summed E-state index contributed by atoms with van der Waals surface area (Å²) in [5.74, 6) is 0. The van der Waals surface area contributed by atoms with Crippen molar-refractivity contribution in [3.63, 3.8) is 0 Å². The molecule has 0 bridgehead atoms. The van der Waals surface area contributed by atoms with E-state index in [1.165, 1.54) is 12.1 Å². The Balaban J connectivity index is 2.11. The van der Waals surface area contributed by atoms with Crippen LogP contribution >= 0.6 is 22.9 Å². The molecule has 1 N–H and O–H groups in total. The van der Waals surface area contributed by atoms with Crippen molar-refractivity contribution >= 4 is 33.0 Å². The van der Waals surface area contributed by atoms with Gasteiger partial charge in [-0.15, -0.1) is 11.3 Å². The normalized spacial score (nSPS) is 13.5. The van der Waals surface area contributed by atoms with Gasteiger partial charge >= 0.3 is 0 Å². The standard InChI is InChI=1S/C14H17ClN2O2S2/c1-17(2)13(14-4-3-9-20-14)10-16-21(18,19)12-7-5-11(15)6-8-12/h3-9,13,16H,10H2,1-2H3. The van der Waals surface area contributed by atoms with E-state index in [1.54, 1.807) is 23.5 Å². The third-order valence-electron chi connectivity index (χ3n) is 3.09. The molecule has 1 unspecified atom stereocenters. The maximum atomic E-state index is 12.3. The molecule has 2 rings (SSSR count). The first kappa shape index (κ1) is 16.5. The summed E-state index contributed by atoms with van der Waals surface area (Å²) in [6.45, 7) is 0.318. The molecule has 2 aromatic rings. The van der Waals surface area contributed by atoms with Crippen LogP contribution in [0.25, 0.3) is 0 Å². The van der Waals surface area contributed by atoms with Gasteiger partial charge in [0, 0.05) is 16.4 Å². The second-order valence-electron chi connectivity index (χ2n) is 4.80. The first-order valence-corrected chi connectivity index (χ1v) is 9.09. The minimum atomic E-state index is -3.53. The Hall–Kier alpha value is -0.920. The molecule has 114 valence electrons. The number of rotatable bonds is 6. The van der Waals surface area contributed by atoms with E-state index in [0.717, 1.165) is 4.88 Å². The molecule has 1 atom stereocenters. The van der Waals surface area contributed by atoms with Crippen LogP contribution in [-0.4, -0.2) is 34.0 Å². The number of thiophene rings is 1. The largest absolute Gasteiger partial charge is 0.300 e. The molecule has 0 fully saturated rings. The van der Waals surface area contributed by atoms with Crippen molar-refractivity contribution in [1.29, 1.82) is 0 Å². The van der Waals surface area contributed by atoms with Crippen LogP contribution in [0.4, 0.5) is 0 Å². The quantitative estimate of drug-likeness (QED) is 0.876. The number of likely N-dealkylation sites (N-methyl/N-ethyl adjacent to an activating group) is 1. The van der Waals surface area contributed by atoms with Gasteiger partial charge in [0.05, 0.1) is 10.9 Å². The smallest absolute Gasteiger partial charge is 0.240 e. The molecule has 0 spiro atoms. The molecule has 4 nitrogen and oxygen atoms in total. The minimum absolute atomic E-state index is 0.00655. The SMILES string of the molecule is CN(C)C(CNS(=O)(=O)c1ccc(Cl)cc1)c1cccs1. The fourth-order valence-electron chi connectivity index (χ4n) is 1.90. The van der Waals surface area contributed by atoms with Crippen molar-refractivity contribution in [1.82, 2.24) is 9.62 Å². The lowest BCUT2D eigenvalue weighted by atomic mass is 10.2. The van der Waals surface area contributed by atoms with Crippen LogP contribution in [0.5, 0.6) is 0 Å². The van der Waals surface area contributed by atoms with Gasteiger partial charge in [-0.3, -0.25) is 0 Å². The van der Waals surface area contributed by atoms with Crippen molar-refractivity contribution in [2.75, 3.05) is 20.6 Å². The average Bonchev–Trinajstić information content (AvgIpc) is 2.93. The highest BCUT2D eigenvalue weighted by atomic mass is 35.5. The predicted octanol–water partition coefficient (Wildman–Crippen LogP) is 2.98. The summed E-state index contributed by atoms with van der Waals surface area (Å²) >= 11 is 7.39. The lowest BCUT2D eigenvalue weighted by Gasteiger charge is -2.23. The Bertz CT molecular complexity index is 668. The van der Waals surface area contributed by atoms with Crippen LogP contribution in [0.1, 0.15) is 10.9 Å². The van der Waals surface area contributed by atoms with Crippen molar-refractivity contribution < 1.29 is 8.42 Å². The lowest BCUT2D eigenvalue weighted by Crippen LogP contribution is -2.34. The molecule has 1 aromatic carbocycles. The highest BCUT2D eigenvalue weighted by Crippen LogP contribution is 2.23. The zero-order valence-corrected chi connectivity index (χ0v) is 14.2. The average molecular weight is 345 g/mol. The number of nitrogens with zero attached hydrogens (tertiary/aromatic N) is 1. The summed E-state index contributed by atoms with van der Waals surface area (Å²) in [6.07, 6.45) is 0. The van der Waals surface area contributed by atoms with E-state index in [-0.39, 0.29) is 10.9 Å². The number of halogens is 1. The maximum Gasteiger partial charge on any atom is 0.240 e. The Morgan fingerprint density at radius 2 is 1.90 bits per heavy atom. The van der Waals surface area contributed by atoms with Gasteiger partial charge < -0.3 is 4.90 Å². The van der Waals surface area contributed by atoms with Gasteiger partial charge in [0.2, 0.25) is 10.0 Å². The zero-order chi connectivity index (χ0) is 15.5. The molecule has 1 heterocycles. The topological polar surface area (TPSA) is 49.4 Å². The molecule has 0 radical (unpaired) electrons. The summed E-state index contributed by atoms with van der Waals surface area (Å²) in [6, 6.07) is 10.1. The van der Waals surface area contributed by atoms with Gasteiger partial charge in [0.1, 0.15) is 0 Å². The third kappa shape index (κ3) is 4.28. The van der Waals surface area contributed by atoms with Crippen LogP contribution in [0.2, 0.25) is 5.02 Å². The third-order valence-corrected chi connectivity index (χ3v) is 5.75. The summed E-state index contributed by atoms with van der Waals surface area (Å²) in [4.78, 5) is 3.34. The second-order valence-corrected chi connectivity index (χ2v) is 7.98. The fourth-order valence-corrected chi connectivity index (χ4v) is 3.99. The second kappa shape index (κ2) is 6.89. The fraction of sp³-hybridized carbons (Fsp3) is 0.286. The molecule has 0 saturated heterocycles. The van der Waals surface area contributed by atoms with E-state index in [4.69, 9.17) is 11.6 Å². The van der Waals surface area contributed by atoms with Crippen molar-refractivity contribution in [2.24, 2.45) is 0 Å². The Kier molecular flexibility index (Phi) is 5.40. The summed E-state index contributed by atoms with van der Waals surface area (Å²) in [5.41, 5.74) is 0. The molecule has 21 heavy (non-hydrogen) atoms. The summed E-state index contributed by atoms with van der Waals surface area (Å²) in [5, 5.41) is 2.50. The Morgan fingerprint density at radius 1 is 1.24 bits per heavy atom. The summed E-state index contributed by atoms with van der Waals surface area (Å²) < 4.78 is 27.2. The molecule has 0 aliphatic heterocycles. The number of hydrogen-bond acceptors (Lipinski definition) is 4. The highest BCUT2D eigenvalue weighted by molar-refractivity contribution is 7.89. The van der Waals surface area contributed by atoms with E-state index in [1.807, 2.05) is 36.5 Å². The van der Waals surface area contributed by atoms with Gasteiger partial charge in [0.25, 0.3) is 0 Å². The first-order valence-electron chi connectivity index (χ1n) is 6.35. The first-order chi connectivity index (χ1) is 9.90. The van der Waals surface area contributed by atoms with Crippen molar-refractivity contribution in [2.45, 2.75) is 10.9 Å². The van der Waals surface area contributed by atoms with Gasteiger partial charge in [0.15, 0.2) is 0 Å². The van der Waals surface area contributed by atoms with E-state index in [0.29, 0.717) is 11.6 Å². The Morgan fingerprint density at radius 3 is 2.43 bits per heavy atom. The van der Waals surface area contributed by atoms with E-state index < -0.39 is 10.0 Å². The van der Waals surface area contributed by atoms with Gasteiger partial charge in [-0.1, -0.05) is 17.7 Å². The van der Waals surface area contributed by atoms with Crippen LogP contribution in [-0.2, 0) is 10.0 Å². The molecular formula is C14H17ClN2O2S2. The molecule has 1 aromatic heterocycles. The van der Waals surface area contributed by atoms with Crippen LogP contribution in [0.3, 0.4) is 0 Å². The molecule has 0 saturated carbocycles. The number of hydrogen-bond donors (Lipinski definition) is 1. The minimum Gasteiger partial charge on any atom is -0.300 e. The lowest BCUT2D eigenvalue weighted by molar-refractivity contribution is 0.303. The van der Waals surface area contributed by atoms with Crippen molar-refractivity contribution in [3.05, 3.63) is 51.7 Å². The van der Waals surface area contributed by atoms with E-state index in [2.05, 4.69) is 4.72 Å². The molecule has 0 aliphatic carbocycles. The maximum absolute atomic E-state index is 12.3. The molecule has 7 heteroatoms. The van der Waals surface area contributed by atoms with Gasteiger partial charge in [-0.25, -0.2) is 13.1 Å². The molecule has 0 aliphatic rings. The van der Waals surface area contributed by atoms with Crippen molar-refractivity contribution in [3.8, 4) is 0 Å².